The average Bonchev–Trinajstić information content (AvgIpc) is 3.40. The van der Waals surface area contributed by atoms with Gasteiger partial charge in [0, 0.05) is 22.4 Å². The Morgan fingerprint density at radius 1 is 1.00 bits per heavy atom. The Labute approximate surface area is 190 Å². The first-order chi connectivity index (χ1) is 15.5. The molecule has 0 aliphatic rings. The van der Waals surface area contributed by atoms with Gasteiger partial charge in [-0.3, -0.25) is 4.99 Å². The number of methoxy groups -OCH3 is 3. The lowest BCUT2D eigenvalue weighted by Crippen LogP contribution is -2.14. The maximum atomic E-state index is 6.09. The van der Waals surface area contributed by atoms with Crippen LogP contribution in [0.25, 0.3) is 22.4 Å². The second kappa shape index (κ2) is 9.32. The number of para-hydroxylation sites is 1. The first kappa shape index (κ1) is 21.7. The second-order valence-electron chi connectivity index (χ2n) is 7.25. The van der Waals surface area contributed by atoms with E-state index in [4.69, 9.17) is 28.7 Å². The summed E-state index contributed by atoms with van der Waals surface area (Å²) < 4.78 is 24.3. The van der Waals surface area contributed by atoms with Crippen LogP contribution in [-0.2, 0) is 0 Å². The normalized spacial score (nSPS) is 12.2. The van der Waals surface area contributed by atoms with E-state index in [1.165, 1.54) is 11.3 Å². The van der Waals surface area contributed by atoms with Crippen molar-refractivity contribution in [3.63, 3.8) is 0 Å². The highest BCUT2D eigenvalue weighted by atomic mass is 32.1. The first-order valence-corrected chi connectivity index (χ1v) is 11.0. The molecule has 2 aromatic carbocycles. The van der Waals surface area contributed by atoms with Gasteiger partial charge in [0.05, 0.1) is 27.5 Å². The third kappa shape index (κ3) is 4.13. The lowest BCUT2D eigenvalue weighted by Gasteiger charge is -2.13. The number of furan rings is 1. The predicted octanol–water partition coefficient (Wildman–Crippen LogP) is 5.18. The summed E-state index contributed by atoms with van der Waals surface area (Å²) >= 11 is 1.51. The molecule has 0 saturated carbocycles. The fraction of sp³-hybridized carbons (Fsp3) is 0.250. The Balaban J connectivity index is 1.85. The lowest BCUT2D eigenvalue weighted by molar-refractivity contribution is 0.324. The molecule has 2 heterocycles. The molecular formula is C24H25N3O4S. The van der Waals surface area contributed by atoms with Crippen molar-refractivity contribution in [1.29, 1.82) is 0 Å². The average molecular weight is 452 g/mol. The molecule has 0 atom stereocenters. The Kier molecular flexibility index (Phi) is 6.32. The predicted molar refractivity (Wildman–Crippen MR) is 127 cm³/mol. The Morgan fingerprint density at radius 2 is 1.78 bits per heavy atom. The van der Waals surface area contributed by atoms with Crippen LogP contribution in [0.2, 0.25) is 0 Å². The monoisotopic (exact) mass is 451 g/mol. The van der Waals surface area contributed by atoms with Gasteiger partial charge in [-0.15, -0.1) is 11.3 Å². The Morgan fingerprint density at radius 3 is 2.47 bits per heavy atom. The molecule has 32 heavy (non-hydrogen) atoms. The van der Waals surface area contributed by atoms with E-state index in [1.807, 2.05) is 61.7 Å². The molecule has 0 radical (unpaired) electrons. The van der Waals surface area contributed by atoms with E-state index < -0.39 is 0 Å². The van der Waals surface area contributed by atoms with Gasteiger partial charge in [-0.05, 0) is 38.1 Å². The molecule has 0 unspecified atom stereocenters. The molecule has 4 rings (SSSR count). The van der Waals surface area contributed by atoms with E-state index in [2.05, 4.69) is 0 Å². The van der Waals surface area contributed by atoms with Crippen LogP contribution in [0.15, 0.2) is 62.4 Å². The highest BCUT2D eigenvalue weighted by Crippen LogP contribution is 2.39. The number of fused-ring (bicyclic) bond motifs is 1. The minimum absolute atomic E-state index is 0.120. The molecule has 4 aromatic rings. The number of benzene rings is 2. The van der Waals surface area contributed by atoms with Crippen molar-refractivity contribution in [2.24, 2.45) is 10.1 Å². The third-order valence-electron chi connectivity index (χ3n) is 4.78. The van der Waals surface area contributed by atoms with Crippen LogP contribution in [0.5, 0.6) is 17.2 Å². The van der Waals surface area contributed by atoms with E-state index in [0.717, 1.165) is 32.8 Å². The molecule has 0 saturated heterocycles. The quantitative estimate of drug-likeness (QED) is 0.363. The van der Waals surface area contributed by atoms with Gasteiger partial charge < -0.3 is 18.6 Å². The van der Waals surface area contributed by atoms with Crippen LogP contribution >= 0.6 is 11.3 Å². The minimum Gasteiger partial charge on any atom is -0.493 e. The minimum atomic E-state index is 0.120. The number of hydrogen-bond donors (Lipinski definition) is 0. The summed E-state index contributed by atoms with van der Waals surface area (Å²) in [6, 6.07) is 13.7. The van der Waals surface area contributed by atoms with E-state index in [1.54, 1.807) is 32.2 Å². The molecule has 166 valence electrons. The van der Waals surface area contributed by atoms with Crippen molar-refractivity contribution in [2.75, 3.05) is 21.3 Å². The van der Waals surface area contributed by atoms with Crippen LogP contribution in [0.3, 0.4) is 0 Å². The zero-order valence-corrected chi connectivity index (χ0v) is 19.5. The molecule has 0 aliphatic carbocycles. The van der Waals surface area contributed by atoms with E-state index in [0.29, 0.717) is 17.2 Å². The highest BCUT2D eigenvalue weighted by Gasteiger charge is 2.16. The van der Waals surface area contributed by atoms with Crippen molar-refractivity contribution in [3.05, 3.63) is 58.2 Å². The number of rotatable bonds is 7. The second-order valence-corrected chi connectivity index (χ2v) is 8.09. The maximum Gasteiger partial charge on any atom is 0.206 e. The lowest BCUT2D eigenvalue weighted by atomic mass is 10.2. The largest absolute Gasteiger partial charge is 0.493 e. The van der Waals surface area contributed by atoms with Crippen LogP contribution < -0.4 is 19.0 Å². The van der Waals surface area contributed by atoms with E-state index >= 15 is 0 Å². The van der Waals surface area contributed by atoms with Gasteiger partial charge in [-0.2, -0.15) is 5.10 Å². The summed E-state index contributed by atoms with van der Waals surface area (Å²) in [5.41, 5.74) is 2.39. The van der Waals surface area contributed by atoms with Crippen molar-refractivity contribution in [1.82, 2.24) is 4.68 Å². The number of thiazole rings is 1. The number of hydrogen-bond acceptors (Lipinski definition) is 7. The van der Waals surface area contributed by atoms with Crippen molar-refractivity contribution < 1.29 is 18.6 Å². The molecule has 0 amide bonds. The molecule has 8 heteroatoms. The summed E-state index contributed by atoms with van der Waals surface area (Å²) in [5.74, 6) is 2.37. The van der Waals surface area contributed by atoms with E-state index in [-0.39, 0.29) is 6.04 Å². The molecule has 0 N–H and O–H groups in total. The molecule has 0 fully saturated rings. The fourth-order valence-corrected chi connectivity index (χ4v) is 4.30. The maximum absolute atomic E-state index is 6.09. The fourth-order valence-electron chi connectivity index (χ4n) is 3.35. The third-order valence-corrected chi connectivity index (χ3v) is 5.61. The highest BCUT2D eigenvalue weighted by molar-refractivity contribution is 7.07. The first-order valence-electron chi connectivity index (χ1n) is 10.1. The van der Waals surface area contributed by atoms with Crippen LogP contribution in [0.4, 0.5) is 0 Å². The van der Waals surface area contributed by atoms with Gasteiger partial charge in [0.1, 0.15) is 11.3 Å². The van der Waals surface area contributed by atoms with Crippen molar-refractivity contribution in [2.45, 2.75) is 19.9 Å². The number of ether oxygens (including phenoxy) is 3. The van der Waals surface area contributed by atoms with Gasteiger partial charge in [-0.1, -0.05) is 18.2 Å². The van der Waals surface area contributed by atoms with Crippen LogP contribution in [-0.4, -0.2) is 38.3 Å². The number of nitrogens with zero attached hydrogens (tertiary/aromatic N) is 3. The Bertz CT molecular complexity index is 1300. The summed E-state index contributed by atoms with van der Waals surface area (Å²) in [6.45, 7) is 4.07. The molecule has 7 nitrogen and oxygen atoms in total. The molecule has 0 aliphatic heterocycles. The van der Waals surface area contributed by atoms with Gasteiger partial charge >= 0.3 is 0 Å². The van der Waals surface area contributed by atoms with Crippen molar-refractivity contribution in [3.8, 4) is 28.7 Å². The van der Waals surface area contributed by atoms with Crippen LogP contribution in [0, 0.1) is 0 Å². The summed E-state index contributed by atoms with van der Waals surface area (Å²) in [6.07, 6.45) is 1.72. The van der Waals surface area contributed by atoms with Gasteiger partial charge in [0.25, 0.3) is 0 Å². The molecular weight excluding hydrogens is 426 g/mol. The van der Waals surface area contributed by atoms with Gasteiger partial charge in [0.15, 0.2) is 17.3 Å². The zero-order chi connectivity index (χ0) is 22.7. The summed E-state index contributed by atoms with van der Waals surface area (Å²) in [4.78, 5) is 5.50. The van der Waals surface area contributed by atoms with Crippen molar-refractivity contribution >= 4 is 28.5 Å². The standard InChI is InChI=1S/C24H25N3O4S/c1-15(2)26-24-27(18(14-32-24)21-12-16-8-6-7-9-19(16)31-21)25-13-17-10-11-20(28-3)23(30-5)22(17)29-4/h6-15H,1-5H3. The van der Waals surface area contributed by atoms with Crippen LogP contribution in [0.1, 0.15) is 19.4 Å². The summed E-state index contributed by atoms with van der Waals surface area (Å²) in [5, 5.41) is 7.78. The van der Waals surface area contributed by atoms with E-state index in [9.17, 15) is 0 Å². The smallest absolute Gasteiger partial charge is 0.206 e. The topological polar surface area (TPSA) is 70.5 Å². The molecule has 0 spiro atoms. The SMILES string of the molecule is COc1ccc(C=Nn2c(-c3cc4ccccc4o3)csc2=NC(C)C)c(OC)c1OC. The molecule has 2 aromatic heterocycles. The zero-order valence-electron chi connectivity index (χ0n) is 18.7. The number of aromatic nitrogens is 1. The van der Waals surface area contributed by atoms with Gasteiger partial charge in [-0.25, -0.2) is 4.68 Å². The van der Waals surface area contributed by atoms with Gasteiger partial charge in [0.2, 0.25) is 10.6 Å². The Hall–Kier alpha value is -3.52. The molecule has 0 bridgehead atoms. The summed E-state index contributed by atoms with van der Waals surface area (Å²) in [7, 11) is 4.76.